The minimum Gasteiger partial charge on any atom is -0.385 e. The smallest absolute Gasteiger partial charge is 0.322 e. The van der Waals surface area contributed by atoms with Gasteiger partial charge in [-0.1, -0.05) is 55.5 Å². The number of hydrogen-bond acceptors (Lipinski definition) is 4. The van der Waals surface area contributed by atoms with Crippen molar-refractivity contribution >= 4 is 29.0 Å². The molecule has 1 aromatic heterocycles. The van der Waals surface area contributed by atoms with Crippen LogP contribution in [0.15, 0.2) is 66.7 Å². The molecule has 0 atom stereocenters. The van der Waals surface area contributed by atoms with Crippen molar-refractivity contribution in [3.8, 4) is 0 Å². The van der Waals surface area contributed by atoms with Crippen molar-refractivity contribution in [3.05, 3.63) is 87.6 Å². The number of anilines is 1. The molecule has 2 aromatic carbocycles. The number of ether oxygens (including phenoxy) is 1. The standard InChI is InChI=1S/C28H35N3O3S/c1-4-24-13-8-9-14-26(24)29-28(33)30(17-10-18-34-3)21-27(32)31(19-23-11-6-5-7-12-23)20-25-16-15-22(2)35-25/h5-9,11-16H,4,10,17-21H2,1-3H3,(H,29,33). The molecule has 0 aliphatic rings. The third-order valence-corrected chi connectivity index (χ3v) is 6.73. The maximum Gasteiger partial charge on any atom is 0.322 e. The number of benzene rings is 2. The Morgan fingerprint density at radius 3 is 2.37 bits per heavy atom. The van der Waals surface area contributed by atoms with Gasteiger partial charge in [-0.3, -0.25) is 4.79 Å². The number of para-hydroxylation sites is 1. The van der Waals surface area contributed by atoms with Gasteiger partial charge in [0, 0.05) is 42.2 Å². The molecule has 0 aliphatic carbocycles. The Morgan fingerprint density at radius 2 is 1.69 bits per heavy atom. The number of hydrogen-bond donors (Lipinski definition) is 1. The van der Waals surface area contributed by atoms with Crippen LogP contribution >= 0.6 is 11.3 Å². The van der Waals surface area contributed by atoms with Crippen molar-refractivity contribution in [2.24, 2.45) is 0 Å². The van der Waals surface area contributed by atoms with Gasteiger partial charge in [0.25, 0.3) is 0 Å². The lowest BCUT2D eigenvalue weighted by Gasteiger charge is -2.28. The minimum absolute atomic E-state index is 0.00102. The summed E-state index contributed by atoms with van der Waals surface area (Å²) in [6.45, 7) is 6.07. The predicted octanol–water partition coefficient (Wildman–Crippen LogP) is 5.72. The number of aryl methyl sites for hydroxylation is 2. The second kappa shape index (κ2) is 13.7. The molecule has 3 amide bonds. The van der Waals surface area contributed by atoms with E-state index in [0.717, 1.165) is 28.1 Å². The molecule has 0 bridgehead atoms. The SMILES string of the molecule is CCc1ccccc1NC(=O)N(CCCOC)CC(=O)N(Cc1ccccc1)Cc1ccc(C)s1. The molecule has 0 saturated carbocycles. The number of methoxy groups -OCH3 is 1. The van der Waals surface area contributed by atoms with Crippen molar-refractivity contribution < 1.29 is 14.3 Å². The number of carbonyl (C=O) groups is 2. The number of amides is 3. The maximum absolute atomic E-state index is 13.6. The summed E-state index contributed by atoms with van der Waals surface area (Å²) in [6.07, 6.45) is 1.46. The van der Waals surface area contributed by atoms with Gasteiger partial charge >= 0.3 is 6.03 Å². The Labute approximate surface area is 212 Å². The third-order valence-electron chi connectivity index (χ3n) is 5.74. The van der Waals surface area contributed by atoms with Crippen LogP contribution in [0.3, 0.4) is 0 Å². The Balaban J connectivity index is 1.77. The number of carbonyl (C=O) groups excluding carboxylic acids is 2. The van der Waals surface area contributed by atoms with E-state index in [4.69, 9.17) is 4.74 Å². The first kappa shape index (κ1) is 26.4. The van der Waals surface area contributed by atoms with E-state index in [-0.39, 0.29) is 18.5 Å². The van der Waals surface area contributed by atoms with Gasteiger partial charge in [0.05, 0.1) is 6.54 Å². The van der Waals surface area contributed by atoms with Gasteiger partial charge in [0.15, 0.2) is 0 Å². The van der Waals surface area contributed by atoms with Crippen molar-refractivity contribution in [2.75, 3.05) is 32.1 Å². The summed E-state index contributed by atoms with van der Waals surface area (Å²) in [5.74, 6) is -0.0868. The maximum atomic E-state index is 13.6. The molecule has 3 rings (SSSR count). The van der Waals surface area contributed by atoms with Gasteiger partial charge < -0.3 is 19.9 Å². The van der Waals surface area contributed by atoms with Crippen molar-refractivity contribution in [2.45, 2.75) is 39.8 Å². The summed E-state index contributed by atoms with van der Waals surface area (Å²) in [7, 11) is 1.64. The second-order valence-electron chi connectivity index (χ2n) is 8.46. The molecule has 35 heavy (non-hydrogen) atoms. The molecule has 0 saturated heterocycles. The largest absolute Gasteiger partial charge is 0.385 e. The van der Waals surface area contributed by atoms with Gasteiger partial charge in [-0.05, 0) is 49.1 Å². The molecule has 0 aliphatic heterocycles. The normalized spacial score (nSPS) is 10.7. The van der Waals surface area contributed by atoms with Crippen LogP contribution in [0.1, 0.15) is 34.2 Å². The first-order chi connectivity index (χ1) is 17.0. The highest BCUT2D eigenvalue weighted by Crippen LogP contribution is 2.20. The van der Waals surface area contributed by atoms with Crippen LogP contribution in [-0.2, 0) is 29.0 Å². The number of nitrogens with one attached hydrogen (secondary N) is 1. The van der Waals surface area contributed by atoms with Crippen LogP contribution in [0.5, 0.6) is 0 Å². The first-order valence-electron chi connectivity index (χ1n) is 12.0. The monoisotopic (exact) mass is 493 g/mol. The summed E-state index contributed by atoms with van der Waals surface area (Å²) >= 11 is 1.69. The second-order valence-corrected chi connectivity index (χ2v) is 9.83. The first-order valence-corrected chi connectivity index (χ1v) is 12.8. The molecule has 3 aromatic rings. The van der Waals surface area contributed by atoms with E-state index in [2.05, 4.69) is 31.3 Å². The van der Waals surface area contributed by atoms with Crippen LogP contribution < -0.4 is 5.32 Å². The Bertz CT molecular complexity index is 1080. The fraction of sp³-hybridized carbons (Fsp3) is 0.357. The molecule has 0 fully saturated rings. The molecule has 1 heterocycles. The van der Waals surface area contributed by atoms with Crippen molar-refractivity contribution in [1.29, 1.82) is 0 Å². The highest BCUT2D eigenvalue weighted by Gasteiger charge is 2.22. The molecule has 6 nitrogen and oxygen atoms in total. The van der Waals surface area contributed by atoms with Crippen LogP contribution in [0, 0.1) is 6.92 Å². The lowest BCUT2D eigenvalue weighted by Crippen LogP contribution is -2.44. The number of urea groups is 1. The molecule has 7 heteroatoms. The average molecular weight is 494 g/mol. The van der Waals surface area contributed by atoms with Crippen LogP contribution in [-0.4, -0.2) is 48.5 Å². The molecule has 1 N–H and O–H groups in total. The Morgan fingerprint density at radius 1 is 0.943 bits per heavy atom. The van der Waals surface area contributed by atoms with Crippen molar-refractivity contribution in [3.63, 3.8) is 0 Å². The quantitative estimate of drug-likeness (QED) is 0.328. The van der Waals surface area contributed by atoms with E-state index in [1.165, 1.54) is 4.88 Å². The third kappa shape index (κ3) is 8.23. The van der Waals surface area contributed by atoms with Gasteiger partial charge in [-0.15, -0.1) is 11.3 Å². The highest BCUT2D eigenvalue weighted by atomic mass is 32.1. The Hall–Kier alpha value is -3.16. The molecule has 0 unspecified atom stereocenters. The van der Waals surface area contributed by atoms with Crippen LogP contribution in [0.4, 0.5) is 10.5 Å². The molecule has 186 valence electrons. The van der Waals surface area contributed by atoms with E-state index in [0.29, 0.717) is 32.7 Å². The lowest BCUT2D eigenvalue weighted by atomic mass is 10.1. The molecular weight excluding hydrogens is 458 g/mol. The summed E-state index contributed by atoms with van der Waals surface area (Å²) in [5.41, 5.74) is 2.89. The van der Waals surface area contributed by atoms with E-state index in [1.54, 1.807) is 23.3 Å². The summed E-state index contributed by atoms with van der Waals surface area (Å²) in [4.78, 5) is 32.6. The van der Waals surface area contributed by atoms with Crippen LogP contribution in [0.2, 0.25) is 0 Å². The predicted molar refractivity (Wildman–Crippen MR) is 143 cm³/mol. The molecular formula is C28H35N3O3S. The lowest BCUT2D eigenvalue weighted by molar-refractivity contribution is -0.133. The Kier molecular flexibility index (Phi) is 10.3. The fourth-order valence-electron chi connectivity index (χ4n) is 3.85. The van der Waals surface area contributed by atoms with E-state index >= 15 is 0 Å². The number of thiophene rings is 1. The summed E-state index contributed by atoms with van der Waals surface area (Å²) in [5, 5.41) is 3.01. The zero-order chi connectivity index (χ0) is 25.0. The summed E-state index contributed by atoms with van der Waals surface area (Å²) in [6, 6.07) is 21.6. The zero-order valence-electron chi connectivity index (χ0n) is 20.8. The van der Waals surface area contributed by atoms with Crippen molar-refractivity contribution in [1.82, 2.24) is 9.80 Å². The topological polar surface area (TPSA) is 61.9 Å². The van der Waals surface area contributed by atoms with Crippen LogP contribution in [0.25, 0.3) is 0 Å². The number of rotatable bonds is 12. The number of nitrogens with zero attached hydrogens (tertiary/aromatic N) is 2. The fourth-order valence-corrected chi connectivity index (χ4v) is 4.76. The van der Waals surface area contributed by atoms with E-state index < -0.39 is 0 Å². The van der Waals surface area contributed by atoms with Gasteiger partial charge in [-0.25, -0.2) is 4.79 Å². The highest BCUT2D eigenvalue weighted by molar-refractivity contribution is 7.11. The van der Waals surface area contributed by atoms with Gasteiger partial charge in [0.1, 0.15) is 6.54 Å². The molecule has 0 spiro atoms. The van der Waals surface area contributed by atoms with Gasteiger partial charge in [0.2, 0.25) is 5.91 Å². The summed E-state index contributed by atoms with van der Waals surface area (Å²) < 4.78 is 5.19. The van der Waals surface area contributed by atoms with E-state index in [9.17, 15) is 9.59 Å². The molecule has 0 radical (unpaired) electrons. The average Bonchev–Trinajstić information content (AvgIpc) is 3.28. The van der Waals surface area contributed by atoms with E-state index in [1.807, 2.05) is 59.5 Å². The van der Waals surface area contributed by atoms with Gasteiger partial charge in [-0.2, -0.15) is 0 Å². The zero-order valence-corrected chi connectivity index (χ0v) is 21.6. The minimum atomic E-state index is -0.276.